The average Bonchev–Trinajstić information content (AvgIpc) is 2.55. The van der Waals surface area contributed by atoms with Crippen LogP contribution in [0.2, 0.25) is 0 Å². The van der Waals surface area contributed by atoms with Crippen LogP contribution in [0.5, 0.6) is 0 Å². The molecule has 0 spiro atoms. The van der Waals surface area contributed by atoms with Crippen molar-refractivity contribution in [3.63, 3.8) is 0 Å². The second kappa shape index (κ2) is 6.37. The highest BCUT2D eigenvalue weighted by Crippen LogP contribution is 2.27. The summed E-state index contributed by atoms with van der Waals surface area (Å²) >= 11 is 3.24. The Balaban J connectivity index is 2.09. The fourth-order valence-corrected chi connectivity index (χ4v) is 3.87. The van der Waals surface area contributed by atoms with Gasteiger partial charge in [0, 0.05) is 19.5 Å². The van der Waals surface area contributed by atoms with Crippen LogP contribution in [0, 0.1) is 0 Å². The van der Waals surface area contributed by atoms with Crippen molar-refractivity contribution in [3.8, 4) is 0 Å². The smallest absolute Gasteiger partial charge is 0.263 e. The first-order chi connectivity index (χ1) is 11.4. The first kappa shape index (κ1) is 16.7. The molecular weight excluding hydrogens is 392 g/mol. The van der Waals surface area contributed by atoms with Crippen LogP contribution in [-0.2, 0) is 10.0 Å². The van der Waals surface area contributed by atoms with Gasteiger partial charge in [0.25, 0.3) is 10.0 Å². The van der Waals surface area contributed by atoms with Crippen molar-refractivity contribution in [2.24, 2.45) is 0 Å². The van der Waals surface area contributed by atoms with Crippen LogP contribution in [0.1, 0.15) is 0 Å². The molecule has 3 rings (SSSR count). The molecule has 124 valence electrons. The molecule has 1 N–H and O–H groups in total. The molecule has 24 heavy (non-hydrogen) atoms. The van der Waals surface area contributed by atoms with Crippen LogP contribution in [-0.4, -0.2) is 32.5 Å². The van der Waals surface area contributed by atoms with E-state index in [2.05, 4.69) is 30.6 Å². The van der Waals surface area contributed by atoms with Gasteiger partial charge < -0.3 is 4.90 Å². The summed E-state index contributed by atoms with van der Waals surface area (Å²) in [7, 11) is -0.263. The molecule has 0 amide bonds. The third-order valence-corrected chi connectivity index (χ3v) is 5.20. The summed E-state index contributed by atoms with van der Waals surface area (Å²) in [6.07, 6.45) is 1.45. The second-order valence-corrected chi connectivity index (χ2v) is 7.81. The molecule has 0 fully saturated rings. The summed E-state index contributed by atoms with van der Waals surface area (Å²) in [6.45, 7) is 0. The van der Waals surface area contributed by atoms with E-state index in [9.17, 15) is 8.42 Å². The maximum Gasteiger partial charge on any atom is 0.263 e. The Kier molecular flexibility index (Phi) is 4.42. The summed E-state index contributed by atoms with van der Waals surface area (Å²) in [6, 6.07) is 12.5. The average molecular weight is 407 g/mol. The van der Waals surface area contributed by atoms with Gasteiger partial charge in [0.15, 0.2) is 11.6 Å². The minimum Gasteiger partial charge on any atom is -0.360 e. The molecule has 0 aliphatic carbocycles. The van der Waals surface area contributed by atoms with E-state index in [1.54, 1.807) is 37.2 Å². The lowest BCUT2D eigenvalue weighted by Gasteiger charge is -2.17. The molecule has 0 saturated carbocycles. The Morgan fingerprint density at radius 3 is 2.54 bits per heavy atom. The Hall–Kier alpha value is -2.19. The van der Waals surface area contributed by atoms with E-state index >= 15 is 0 Å². The zero-order valence-electron chi connectivity index (χ0n) is 13.1. The van der Waals surface area contributed by atoms with Gasteiger partial charge in [0.05, 0.1) is 11.1 Å². The molecule has 0 atom stereocenters. The molecule has 0 radical (unpaired) electrons. The lowest BCUT2D eigenvalue weighted by atomic mass is 10.1. The first-order valence-corrected chi connectivity index (χ1v) is 9.36. The van der Waals surface area contributed by atoms with E-state index in [-0.39, 0.29) is 10.7 Å². The summed E-state index contributed by atoms with van der Waals surface area (Å²) in [5.74, 6) is 0.601. The zero-order valence-corrected chi connectivity index (χ0v) is 15.5. The maximum absolute atomic E-state index is 12.9. The number of nitrogens with zero attached hydrogens (tertiary/aromatic N) is 3. The van der Waals surface area contributed by atoms with Crippen molar-refractivity contribution in [1.82, 2.24) is 9.97 Å². The maximum atomic E-state index is 12.9. The Bertz CT molecular complexity index is 1000. The highest BCUT2D eigenvalue weighted by atomic mass is 79.9. The number of rotatable bonds is 4. The van der Waals surface area contributed by atoms with E-state index in [4.69, 9.17) is 0 Å². The van der Waals surface area contributed by atoms with Crippen LogP contribution < -0.4 is 9.62 Å². The lowest BCUT2D eigenvalue weighted by Crippen LogP contribution is -2.19. The Morgan fingerprint density at radius 1 is 1.08 bits per heavy atom. The van der Waals surface area contributed by atoms with Gasteiger partial charge in [0.2, 0.25) is 0 Å². The minimum atomic E-state index is -3.80. The van der Waals surface area contributed by atoms with Crippen molar-refractivity contribution in [1.29, 1.82) is 0 Å². The van der Waals surface area contributed by atoms with Crippen LogP contribution in [0.3, 0.4) is 0 Å². The fraction of sp³-hybridized carbons (Fsp3) is 0.125. The van der Waals surface area contributed by atoms with E-state index in [1.807, 2.05) is 24.3 Å². The van der Waals surface area contributed by atoms with Crippen molar-refractivity contribution in [2.75, 3.05) is 23.7 Å². The highest BCUT2D eigenvalue weighted by Gasteiger charge is 2.21. The van der Waals surface area contributed by atoms with E-state index < -0.39 is 10.0 Å². The summed E-state index contributed by atoms with van der Waals surface area (Å²) in [4.78, 5) is 10.3. The van der Waals surface area contributed by atoms with Crippen LogP contribution in [0.25, 0.3) is 10.8 Å². The summed E-state index contributed by atoms with van der Waals surface area (Å²) < 4.78 is 28.8. The van der Waals surface area contributed by atoms with Crippen LogP contribution >= 0.6 is 15.9 Å². The largest absolute Gasteiger partial charge is 0.360 e. The first-order valence-electron chi connectivity index (χ1n) is 7.09. The number of fused-ring (bicyclic) bond motifs is 1. The molecule has 1 aromatic heterocycles. The molecule has 8 heteroatoms. The van der Waals surface area contributed by atoms with Gasteiger partial charge in [-0.05, 0) is 27.4 Å². The van der Waals surface area contributed by atoms with Crippen molar-refractivity contribution in [2.45, 2.75) is 4.90 Å². The molecular formula is C16H15BrN4O2S. The number of hydrogen-bond acceptors (Lipinski definition) is 5. The topological polar surface area (TPSA) is 75.2 Å². The van der Waals surface area contributed by atoms with E-state index in [0.717, 1.165) is 5.39 Å². The second-order valence-electron chi connectivity index (χ2n) is 5.34. The molecule has 1 heterocycles. The summed E-state index contributed by atoms with van der Waals surface area (Å²) in [5, 5.41) is 1.51. The van der Waals surface area contributed by atoms with Gasteiger partial charge in [0.1, 0.15) is 4.60 Å². The molecule has 0 bridgehead atoms. The number of anilines is 2. The van der Waals surface area contributed by atoms with Gasteiger partial charge in [-0.3, -0.25) is 4.72 Å². The fourth-order valence-electron chi connectivity index (χ4n) is 2.35. The number of nitrogens with one attached hydrogen (secondary N) is 1. The van der Waals surface area contributed by atoms with Crippen LogP contribution in [0.15, 0.2) is 58.2 Å². The lowest BCUT2D eigenvalue weighted by molar-refractivity contribution is 0.602. The number of halogens is 1. The molecule has 0 saturated heterocycles. The van der Waals surface area contributed by atoms with Gasteiger partial charge in [-0.15, -0.1) is 0 Å². The Labute approximate surface area is 148 Å². The number of hydrogen-bond donors (Lipinski definition) is 1. The number of benzene rings is 2. The normalized spacial score (nSPS) is 11.5. The van der Waals surface area contributed by atoms with Crippen molar-refractivity contribution >= 4 is 48.4 Å². The van der Waals surface area contributed by atoms with Crippen LogP contribution in [0.4, 0.5) is 11.6 Å². The van der Waals surface area contributed by atoms with Gasteiger partial charge in [-0.2, -0.15) is 0 Å². The molecule has 0 aliphatic heterocycles. The third kappa shape index (κ3) is 3.20. The monoisotopic (exact) mass is 406 g/mol. The molecule has 0 unspecified atom stereocenters. The molecule has 3 aromatic rings. The molecule has 6 nitrogen and oxygen atoms in total. The zero-order chi connectivity index (χ0) is 17.3. The van der Waals surface area contributed by atoms with E-state index in [1.165, 1.54) is 6.20 Å². The molecule has 2 aromatic carbocycles. The van der Waals surface area contributed by atoms with Gasteiger partial charge >= 0.3 is 0 Å². The third-order valence-electron chi connectivity index (χ3n) is 3.42. The minimum absolute atomic E-state index is 0.177. The highest BCUT2D eigenvalue weighted by molar-refractivity contribution is 9.10. The predicted molar refractivity (Wildman–Crippen MR) is 98.8 cm³/mol. The predicted octanol–water partition coefficient (Wildman–Crippen LogP) is 3.26. The van der Waals surface area contributed by atoms with Crippen molar-refractivity contribution in [3.05, 3.63) is 53.3 Å². The summed E-state index contributed by atoms with van der Waals surface area (Å²) in [5.41, 5.74) is 0. The molecule has 0 aliphatic rings. The number of aromatic nitrogens is 2. The van der Waals surface area contributed by atoms with Gasteiger partial charge in [-0.1, -0.05) is 36.4 Å². The SMILES string of the molecule is CN(C)c1nc(Br)cnc1NS(=O)(=O)c1cccc2ccccc12. The number of sulfonamides is 1. The Morgan fingerprint density at radius 2 is 1.79 bits per heavy atom. The standard InChI is InChI=1S/C16H15BrN4O2S/c1-21(2)16-15(18-10-14(17)19-16)20-24(22,23)13-9-5-7-11-6-3-4-8-12(11)13/h3-10H,1-2H3,(H,18,20). The van der Waals surface area contributed by atoms with Crippen molar-refractivity contribution < 1.29 is 8.42 Å². The van der Waals surface area contributed by atoms with E-state index in [0.29, 0.717) is 15.8 Å². The van der Waals surface area contributed by atoms with Gasteiger partial charge in [-0.25, -0.2) is 18.4 Å². The quantitative estimate of drug-likeness (QED) is 0.719.